The van der Waals surface area contributed by atoms with E-state index in [4.69, 9.17) is 9.84 Å². The molecule has 0 saturated heterocycles. The molecule has 1 aliphatic carbocycles. The Morgan fingerprint density at radius 2 is 1.95 bits per heavy atom. The van der Waals surface area contributed by atoms with Gasteiger partial charge in [0, 0.05) is 19.2 Å². The first-order valence-electron chi connectivity index (χ1n) is 7.25. The number of nitrogens with one attached hydrogen (secondary N) is 2. The molecule has 20 heavy (non-hydrogen) atoms. The van der Waals surface area contributed by atoms with Crippen LogP contribution in [0.3, 0.4) is 0 Å². The largest absolute Gasteiger partial charge is 0.481 e. The minimum Gasteiger partial charge on any atom is -0.481 e. The lowest BCUT2D eigenvalue weighted by Crippen LogP contribution is -2.52. The van der Waals surface area contributed by atoms with Crippen LogP contribution in [0.15, 0.2) is 0 Å². The van der Waals surface area contributed by atoms with Gasteiger partial charge in [0.05, 0.1) is 12.0 Å². The first-order valence-corrected chi connectivity index (χ1v) is 7.25. The summed E-state index contributed by atoms with van der Waals surface area (Å²) in [4.78, 5) is 22.4. The minimum absolute atomic E-state index is 0.0503. The lowest BCUT2D eigenvalue weighted by atomic mass is 9.89. The van der Waals surface area contributed by atoms with Crippen molar-refractivity contribution < 1.29 is 19.4 Å². The van der Waals surface area contributed by atoms with Crippen LogP contribution < -0.4 is 10.6 Å². The predicted octanol–water partition coefficient (Wildman–Crippen LogP) is 1.74. The average Bonchev–Trinajstić information content (AvgIpc) is 2.32. The number of hydrogen-bond acceptors (Lipinski definition) is 3. The summed E-state index contributed by atoms with van der Waals surface area (Å²) < 4.78 is 5.15. The van der Waals surface area contributed by atoms with Crippen molar-refractivity contribution in [1.29, 1.82) is 0 Å². The molecular weight excluding hydrogens is 260 g/mol. The summed E-state index contributed by atoms with van der Waals surface area (Å²) in [6.45, 7) is 3.64. The van der Waals surface area contributed by atoms with Crippen LogP contribution in [0.4, 0.5) is 4.79 Å². The summed E-state index contributed by atoms with van der Waals surface area (Å²) in [6, 6.07) is 0.108. The van der Waals surface area contributed by atoms with Crippen molar-refractivity contribution in [3.63, 3.8) is 0 Å². The van der Waals surface area contributed by atoms with E-state index in [-0.39, 0.29) is 30.1 Å². The number of hydrogen-bond donors (Lipinski definition) is 3. The molecular formula is C14H26N2O4. The van der Waals surface area contributed by atoms with E-state index in [0.717, 1.165) is 25.7 Å². The van der Waals surface area contributed by atoms with Crippen LogP contribution in [0.5, 0.6) is 0 Å². The molecule has 1 aliphatic rings. The number of carbonyl (C=O) groups excluding carboxylic acids is 1. The number of ether oxygens (including phenoxy) is 1. The van der Waals surface area contributed by atoms with E-state index in [1.165, 1.54) is 0 Å². The van der Waals surface area contributed by atoms with Crippen molar-refractivity contribution in [2.75, 3.05) is 7.11 Å². The Kier molecular flexibility index (Phi) is 6.78. The summed E-state index contributed by atoms with van der Waals surface area (Å²) in [5.41, 5.74) is 0. The number of carboxylic acids is 1. The fraction of sp³-hybridized carbons (Fsp3) is 0.857. The number of amides is 2. The summed E-state index contributed by atoms with van der Waals surface area (Å²) in [5, 5.41) is 14.6. The monoisotopic (exact) mass is 286 g/mol. The molecule has 1 saturated carbocycles. The summed E-state index contributed by atoms with van der Waals surface area (Å²) >= 11 is 0. The van der Waals surface area contributed by atoms with Gasteiger partial charge in [0.2, 0.25) is 0 Å². The molecule has 2 unspecified atom stereocenters. The second-order valence-corrected chi connectivity index (χ2v) is 5.72. The van der Waals surface area contributed by atoms with Crippen molar-refractivity contribution in [3.05, 3.63) is 0 Å². The molecule has 0 aromatic carbocycles. The Labute approximate surface area is 120 Å². The number of aliphatic carboxylic acids is 1. The van der Waals surface area contributed by atoms with Crippen LogP contribution in [0, 0.1) is 5.92 Å². The van der Waals surface area contributed by atoms with E-state index in [1.807, 2.05) is 6.92 Å². The molecule has 1 fully saturated rings. The third-order valence-electron chi connectivity index (χ3n) is 3.84. The zero-order chi connectivity index (χ0) is 15.1. The Morgan fingerprint density at radius 3 is 2.50 bits per heavy atom. The highest BCUT2D eigenvalue weighted by atomic mass is 16.5. The predicted molar refractivity (Wildman–Crippen MR) is 75.6 cm³/mol. The van der Waals surface area contributed by atoms with Crippen LogP contribution >= 0.6 is 0 Å². The topological polar surface area (TPSA) is 87.7 Å². The van der Waals surface area contributed by atoms with Gasteiger partial charge in [-0.3, -0.25) is 4.79 Å². The van der Waals surface area contributed by atoms with E-state index in [9.17, 15) is 9.59 Å². The molecule has 0 spiro atoms. The van der Waals surface area contributed by atoms with Gasteiger partial charge in [-0.1, -0.05) is 13.3 Å². The van der Waals surface area contributed by atoms with Crippen LogP contribution in [0.2, 0.25) is 0 Å². The number of carboxylic acid groups (broad SMARTS) is 1. The van der Waals surface area contributed by atoms with Gasteiger partial charge < -0.3 is 20.5 Å². The highest BCUT2D eigenvalue weighted by Gasteiger charge is 2.30. The molecule has 2 amide bonds. The van der Waals surface area contributed by atoms with E-state index in [0.29, 0.717) is 6.42 Å². The van der Waals surface area contributed by atoms with Crippen molar-refractivity contribution in [2.45, 2.75) is 64.1 Å². The molecule has 0 aliphatic heterocycles. The number of carbonyl (C=O) groups is 2. The smallest absolute Gasteiger partial charge is 0.315 e. The van der Waals surface area contributed by atoms with Gasteiger partial charge in [-0.2, -0.15) is 0 Å². The quantitative estimate of drug-likeness (QED) is 0.634. The van der Waals surface area contributed by atoms with E-state index in [2.05, 4.69) is 10.6 Å². The van der Waals surface area contributed by atoms with Crippen molar-refractivity contribution in [1.82, 2.24) is 10.6 Å². The van der Waals surface area contributed by atoms with Crippen molar-refractivity contribution in [2.24, 2.45) is 5.92 Å². The minimum atomic E-state index is -0.763. The molecule has 2 atom stereocenters. The van der Waals surface area contributed by atoms with Gasteiger partial charge in [0.1, 0.15) is 0 Å². The SMILES string of the molecule is COC1CC(NC(=O)NC(C)CCCC(C)C(=O)O)C1. The Hall–Kier alpha value is -1.30. The molecule has 116 valence electrons. The van der Waals surface area contributed by atoms with Gasteiger partial charge in [-0.25, -0.2) is 4.79 Å². The maximum Gasteiger partial charge on any atom is 0.315 e. The fourth-order valence-electron chi connectivity index (χ4n) is 2.25. The normalized spacial score (nSPS) is 24.4. The standard InChI is InChI=1S/C14H26N2O4/c1-9(13(17)18)5-4-6-10(2)15-14(19)16-11-7-12(8-11)20-3/h9-12H,4-8H2,1-3H3,(H,17,18)(H2,15,16,19). The lowest BCUT2D eigenvalue weighted by Gasteiger charge is -2.34. The van der Waals surface area contributed by atoms with Crippen LogP contribution in [-0.2, 0) is 9.53 Å². The second-order valence-electron chi connectivity index (χ2n) is 5.72. The van der Waals surface area contributed by atoms with Gasteiger partial charge >= 0.3 is 12.0 Å². The number of methoxy groups -OCH3 is 1. The van der Waals surface area contributed by atoms with Crippen molar-refractivity contribution in [3.8, 4) is 0 Å². The molecule has 0 bridgehead atoms. The van der Waals surface area contributed by atoms with Crippen molar-refractivity contribution >= 4 is 12.0 Å². The third kappa shape index (κ3) is 5.77. The summed E-state index contributed by atoms with van der Waals surface area (Å²) in [5.74, 6) is -1.09. The number of urea groups is 1. The Bertz CT molecular complexity index is 329. The third-order valence-corrected chi connectivity index (χ3v) is 3.84. The maximum atomic E-state index is 11.7. The lowest BCUT2D eigenvalue weighted by molar-refractivity contribution is -0.141. The molecule has 0 heterocycles. The van der Waals surface area contributed by atoms with Crippen LogP contribution in [0.25, 0.3) is 0 Å². The van der Waals surface area contributed by atoms with E-state index >= 15 is 0 Å². The zero-order valence-corrected chi connectivity index (χ0v) is 12.5. The average molecular weight is 286 g/mol. The summed E-state index contributed by atoms with van der Waals surface area (Å²) in [6.07, 6.45) is 4.24. The molecule has 0 radical (unpaired) electrons. The van der Waals surface area contributed by atoms with Gasteiger partial charge in [-0.15, -0.1) is 0 Å². The molecule has 6 nitrogen and oxygen atoms in total. The fourth-order valence-corrected chi connectivity index (χ4v) is 2.25. The Morgan fingerprint density at radius 1 is 1.30 bits per heavy atom. The van der Waals surface area contributed by atoms with Crippen LogP contribution in [0.1, 0.15) is 46.0 Å². The maximum absolute atomic E-state index is 11.7. The second kappa shape index (κ2) is 8.09. The molecule has 6 heteroatoms. The van der Waals surface area contributed by atoms with Gasteiger partial charge in [0.25, 0.3) is 0 Å². The zero-order valence-electron chi connectivity index (χ0n) is 12.5. The van der Waals surface area contributed by atoms with E-state index < -0.39 is 5.97 Å². The van der Waals surface area contributed by atoms with Crippen LogP contribution in [-0.4, -0.2) is 42.4 Å². The first-order chi connectivity index (χ1) is 9.42. The van der Waals surface area contributed by atoms with E-state index in [1.54, 1.807) is 14.0 Å². The highest BCUT2D eigenvalue weighted by Crippen LogP contribution is 2.22. The molecule has 1 rings (SSSR count). The molecule has 3 N–H and O–H groups in total. The molecule has 0 aromatic heterocycles. The first kappa shape index (κ1) is 16.8. The molecule has 0 aromatic rings. The number of rotatable bonds is 8. The van der Waals surface area contributed by atoms with Gasteiger partial charge in [0.15, 0.2) is 0 Å². The Balaban J connectivity index is 2.08. The summed E-state index contributed by atoms with van der Waals surface area (Å²) in [7, 11) is 1.68. The highest BCUT2D eigenvalue weighted by molar-refractivity contribution is 5.74. The van der Waals surface area contributed by atoms with Gasteiger partial charge in [-0.05, 0) is 32.6 Å².